The number of ether oxygens (including phenoxy) is 2. The fraction of sp³-hybridized carbons (Fsp3) is 0.294. The summed E-state index contributed by atoms with van der Waals surface area (Å²) in [6.07, 6.45) is 0.864. The highest BCUT2D eigenvalue weighted by Crippen LogP contribution is 2.16. The first kappa shape index (κ1) is 16.0. The molecule has 0 fully saturated rings. The molecule has 2 N–H and O–H groups in total. The second-order valence-electron chi connectivity index (χ2n) is 4.69. The van der Waals surface area contributed by atoms with Crippen molar-refractivity contribution in [1.82, 2.24) is 0 Å². The van der Waals surface area contributed by atoms with E-state index in [0.29, 0.717) is 26.4 Å². The Morgan fingerprint density at radius 1 is 0.952 bits per heavy atom. The molecule has 2 rings (SSSR count). The molecule has 0 radical (unpaired) electrons. The normalized spacial score (nSPS) is 10.6. The Balaban J connectivity index is 1.60. The number of hydrogen-bond acceptors (Lipinski definition) is 3. The first-order chi connectivity index (χ1) is 10.3. The zero-order chi connectivity index (χ0) is 14.9. The number of nitrogens with two attached hydrogens (primary N) is 1. The summed E-state index contributed by atoms with van der Waals surface area (Å²) in [4.78, 5) is 0. The van der Waals surface area contributed by atoms with Gasteiger partial charge in [0.05, 0.1) is 19.8 Å². The molecule has 0 atom stereocenters. The minimum Gasteiger partial charge on any atom is -0.494 e. The van der Waals surface area contributed by atoms with Crippen molar-refractivity contribution in [3.8, 4) is 5.75 Å². The van der Waals surface area contributed by atoms with Gasteiger partial charge < -0.3 is 15.2 Å². The van der Waals surface area contributed by atoms with Gasteiger partial charge >= 0.3 is 0 Å². The van der Waals surface area contributed by atoms with Crippen molar-refractivity contribution >= 4 is 15.9 Å². The minimum absolute atomic E-state index is 0.559. The van der Waals surface area contributed by atoms with Crippen molar-refractivity contribution in [1.29, 1.82) is 0 Å². The summed E-state index contributed by atoms with van der Waals surface area (Å²) in [7, 11) is 0. The van der Waals surface area contributed by atoms with Crippen LogP contribution in [0, 0.1) is 0 Å². The lowest BCUT2D eigenvalue weighted by Crippen LogP contribution is -2.04. The zero-order valence-electron chi connectivity index (χ0n) is 11.9. The lowest BCUT2D eigenvalue weighted by atomic mass is 10.2. The van der Waals surface area contributed by atoms with Gasteiger partial charge in [-0.15, -0.1) is 0 Å². The molecule has 0 saturated carbocycles. The minimum atomic E-state index is 0.559. The van der Waals surface area contributed by atoms with Gasteiger partial charge in [0, 0.05) is 17.4 Å². The van der Waals surface area contributed by atoms with Crippen molar-refractivity contribution in [2.45, 2.75) is 19.6 Å². The molecule has 2 aromatic rings. The lowest BCUT2D eigenvalue weighted by Gasteiger charge is -2.08. The predicted octanol–water partition coefficient (Wildman–Crippen LogP) is 3.89. The smallest absolute Gasteiger partial charge is 0.119 e. The van der Waals surface area contributed by atoms with Gasteiger partial charge in [0.2, 0.25) is 0 Å². The summed E-state index contributed by atoms with van der Waals surface area (Å²) in [5, 5.41) is 0. The van der Waals surface area contributed by atoms with Gasteiger partial charge in [-0.1, -0.05) is 46.3 Å². The molecule has 0 amide bonds. The standard InChI is InChI=1S/C17H20BrNO2/c18-17-5-2-1-4-15(17)13-20-10-3-11-21-16-8-6-14(12-19)7-9-16/h1-2,4-9H,3,10-13,19H2. The highest BCUT2D eigenvalue weighted by Gasteiger charge is 1.99. The summed E-state index contributed by atoms with van der Waals surface area (Å²) in [5.41, 5.74) is 7.83. The molecular weight excluding hydrogens is 330 g/mol. The third-order valence-electron chi connectivity index (χ3n) is 3.08. The summed E-state index contributed by atoms with van der Waals surface area (Å²) in [6, 6.07) is 16.0. The molecule has 2 aromatic carbocycles. The molecule has 0 unspecified atom stereocenters. The van der Waals surface area contributed by atoms with Crippen LogP contribution in [0.5, 0.6) is 5.75 Å². The van der Waals surface area contributed by atoms with Crippen LogP contribution in [0.3, 0.4) is 0 Å². The molecule has 0 heterocycles. The van der Waals surface area contributed by atoms with Crippen molar-refractivity contribution in [2.24, 2.45) is 5.73 Å². The van der Waals surface area contributed by atoms with Gasteiger partial charge in [-0.25, -0.2) is 0 Å². The lowest BCUT2D eigenvalue weighted by molar-refractivity contribution is 0.107. The quantitative estimate of drug-likeness (QED) is 0.735. The van der Waals surface area contributed by atoms with E-state index in [-0.39, 0.29) is 0 Å². The van der Waals surface area contributed by atoms with Crippen LogP contribution >= 0.6 is 15.9 Å². The number of hydrogen-bond donors (Lipinski definition) is 1. The Morgan fingerprint density at radius 3 is 2.43 bits per heavy atom. The predicted molar refractivity (Wildman–Crippen MR) is 88.2 cm³/mol. The molecule has 0 aliphatic heterocycles. The Hall–Kier alpha value is -1.36. The van der Waals surface area contributed by atoms with Gasteiger partial charge in [-0.3, -0.25) is 0 Å². The van der Waals surface area contributed by atoms with Crippen molar-refractivity contribution in [3.63, 3.8) is 0 Å². The van der Waals surface area contributed by atoms with Gasteiger partial charge in [-0.05, 0) is 29.3 Å². The van der Waals surface area contributed by atoms with E-state index in [1.54, 1.807) is 0 Å². The number of halogens is 1. The van der Waals surface area contributed by atoms with Crippen molar-refractivity contribution < 1.29 is 9.47 Å². The second kappa shape index (κ2) is 8.82. The molecule has 4 heteroatoms. The monoisotopic (exact) mass is 349 g/mol. The molecule has 0 aromatic heterocycles. The molecular formula is C17H20BrNO2. The van der Waals surface area contributed by atoms with E-state index in [9.17, 15) is 0 Å². The SMILES string of the molecule is NCc1ccc(OCCCOCc2ccccc2Br)cc1. The third kappa shape index (κ3) is 5.50. The average Bonchev–Trinajstić information content (AvgIpc) is 2.53. The largest absolute Gasteiger partial charge is 0.494 e. The van der Waals surface area contributed by atoms with Gasteiger partial charge in [-0.2, -0.15) is 0 Å². The Morgan fingerprint density at radius 2 is 1.71 bits per heavy atom. The van der Waals surface area contributed by atoms with Crippen molar-refractivity contribution in [2.75, 3.05) is 13.2 Å². The molecule has 3 nitrogen and oxygen atoms in total. The third-order valence-corrected chi connectivity index (χ3v) is 3.85. The molecule has 112 valence electrons. The summed E-state index contributed by atoms with van der Waals surface area (Å²) in [5.74, 6) is 0.873. The number of rotatable bonds is 8. The maximum atomic E-state index is 5.65. The fourth-order valence-corrected chi connectivity index (χ4v) is 2.27. The maximum Gasteiger partial charge on any atom is 0.119 e. The number of benzene rings is 2. The molecule has 0 saturated heterocycles. The van der Waals surface area contributed by atoms with E-state index in [4.69, 9.17) is 15.2 Å². The Labute approximate surface area is 134 Å². The van der Waals surface area contributed by atoms with Gasteiger partial charge in [0.1, 0.15) is 5.75 Å². The maximum absolute atomic E-state index is 5.65. The van der Waals surface area contributed by atoms with E-state index >= 15 is 0 Å². The first-order valence-corrected chi connectivity index (χ1v) is 7.82. The van der Waals surface area contributed by atoms with Crippen LogP contribution in [0.15, 0.2) is 53.0 Å². The fourth-order valence-electron chi connectivity index (χ4n) is 1.87. The Bertz CT molecular complexity index is 543. The average molecular weight is 350 g/mol. The summed E-state index contributed by atoms with van der Waals surface area (Å²) < 4.78 is 12.4. The topological polar surface area (TPSA) is 44.5 Å². The highest BCUT2D eigenvalue weighted by molar-refractivity contribution is 9.10. The van der Waals surface area contributed by atoms with E-state index in [1.165, 1.54) is 0 Å². The van der Waals surface area contributed by atoms with E-state index in [2.05, 4.69) is 22.0 Å². The van der Waals surface area contributed by atoms with Gasteiger partial charge in [0.25, 0.3) is 0 Å². The molecule has 21 heavy (non-hydrogen) atoms. The molecule has 0 aliphatic rings. The Kier molecular flexibility index (Phi) is 6.73. The van der Waals surface area contributed by atoms with Crippen LogP contribution < -0.4 is 10.5 Å². The van der Waals surface area contributed by atoms with Crippen LogP contribution in [0.2, 0.25) is 0 Å². The van der Waals surface area contributed by atoms with E-state index in [0.717, 1.165) is 27.8 Å². The second-order valence-corrected chi connectivity index (χ2v) is 5.55. The van der Waals surface area contributed by atoms with E-state index < -0.39 is 0 Å². The van der Waals surface area contributed by atoms with Crippen LogP contribution in [0.1, 0.15) is 17.5 Å². The zero-order valence-corrected chi connectivity index (χ0v) is 13.5. The van der Waals surface area contributed by atoms with E-state index in [1.807, 2.05) is 42.5 Å². The molecule has 0 aliphatic carbocycles. The van der Waals surface area contributed by atoms with Crippen LogP contribution in [0.4, 0.5) is 0 Å². The summed E-state index contributed by atoms with van der Waals surface area (Å²) >= 11 is 3.51. The summed E-state index contributed by atoms with van der Waals surface area (Å²) in [6.45, 7) is 2.51. The van der Waals surface area contributed by atoms with Crippen molar-refractivity contribution in [3.05, 3.63) is 64.1 Å². The van der Waals surface area contributed by atoms with Crippen LogP contribution in [0.25, 0.3) is 0 Å². The van der Waals surface area contributed by atoms with Crippen LogP contribution in [-0.2, 0) is 17.9 Å². The van der Waals surface area contributed by atoms with Crippen LogP contribution in [-0.4, -0.2) is 13.2 Å². The highest BCUT2D eigenvalue weighted by atomic mass is 79.9. The van der Waals surface area contributed by atoms with Gasteiger partial charge in [0.15, 0.2) is 0 Å². The molecule has 0 bridgehead atoms. The molecule has 0 spiro atoms. The first-order valence-electron chi connectivity index (χ1n) is 7.02.